The molecule has 1 saturated heterocycles. The summed E-state index contributed by atoms with van der Waals surface area (Å²) in [5.74, 6) is -0.0376. The fourth-order valence-corrected chi connectivity index (χ4v) is 3.59. The Morgan fingerprint density at radius 3 is 2.43 bits per heavy atom. The molecule has 0 bridgehead atoms. The first-order valence-corrected chi connectivity index (χ1v) is 7.83. The Kier molecular flexibility index (Phi) is 4.67. The van der Waals surface area contributed by atoms with Gasteiger partial charge in [-0.3, -0.25) is 19.8 Å². The van der Waals surface area contributed by atoms with Crippen molar-refractivity contribution in [2.24, 2.45) is 17.3 Å². The molecule has 3 unspecified atom stereocenters. The molecule has 1 heterocycles. The number of rotatable bonds is 3. The monoisotopic (exact) mass is 291 g/mol. The predicted molar refractivity (Wildman–Crippen MR) is 79.0 cm³/mol. The number of imide groups is 1. The number of nitrogens with zero attached hydrogens (tertiary/aromatic N) is 2. The molecule has 0 aromatic rings. The smallest absolute Gasteiger partial charge is 0.240 e. The van der Waals surface area contributed by atoms with Crippen molar-refractivity contribution >= 4 is 11.8 Å². The highest BCUT2D eigenvalue weighted by Gasteiger charge is 2.41. The summed E-state index contributed by atoms with van der Waals surface area (Å²) >= 11 is 0. The lowest BCUT2D eigenvalue weighted by atomic mass is 9.66. The Hall–Kier alpha value is -1.41. The second-order valence-corrected chi connectivity index (χ2v) is 7.03. The van der Waals surface area contributed by atoms with Gasteiger partial charge < -0.3 is 0 Å². The quantitative estimate of drug-likeness (QED) is 0.803. The SMILES string of the molecule is CCC(C)(C)C1CCC(C#N)C(N2CC(=O)NC(=O)C2)C1. The van der Waals surface area contributed by atoms with Gasteiger partial charge in [0.05, 0.1) is 25.1 Å². The van der Waals surface area contributed by atoms with E-state index in [9.17, 15) is 14.9 Å². The van der Waals surface area contributed by atoms with Gasteiger partial charge in [-0.25, -0.2) is 0 Å². The molecule has 2 rings (SSSR count). The highest BCUT2D eigenvalue weighted by Crippen LogP contribution is 2.43. The number of carbonyl (C=O) groups is 2. The number of amides is 2. The second kappa shape index (κ2) is 6.15. The Morgan fingerprint density at radius 2 is 1.90 bits per heavy atom. The van der Waals surface area contributed by atoms with E-state index < -0.39 is 0 Å². The van der Waals surface area contributed by atoms with Gasteiger partial charge in [0.25, 0.3) is 0 Å². The van der Waals surface area contributed by atoms with Crippen LogP contribution >= 0.6 is 0 Å². The number of nitrogens with one attached hydrogen (secondary N) is 1. The third-order valence-electron chi connectivity index (χ3n) is 5.44. The molecular weight excluding hydrogens is 266 g/mol. The van der Waals surface area contributed by atoms with E-state index in [1.165, 1.54) is 0 Å². The second-order valence-electron chi connectivity index (χ2n) is 7.03. The lowest BCUT2D eigenvalue weighted by Gasteiger charge is -2.45. The van der Waals surface area contributed by atoms with Gasteiger partial charge in [0.2, 0.25) is 11.8 Å². The van der Waals surface area contributed by atoms with Gasteiger partial charge in [0, 0.05) is 6.04 Å². The van der Waals surface area contributed by atoms with E-state index in [2.05, 4.69) is 32.2 Å². The van der Waals surface area contributed by atoms with Crippen molar-refractivity contribution in [3.63, 3.8) is 0 Å². The van der Waals surface area contributed by atoms with Gasteiger partial charge in [-0.15, -0.1) is 0 Å². The minimum absolute atomic E-state index is 0.0228. The van der Waals surface area contributed by atoms with Crippen LogP contribution in [-0.2, 0) is 9.59 Å². The van der Waals surface area contributed by atoms with Gasteiger partial charge in [0.15, 0.2) is 0 Å². The lowest BCUT2D eigenvalue weighted by Crippen LogP contribution is -2.57. The van der Waals surface area contributed by atoms with Crippen molar-refractivity contribution in [2.75, 3.05) is 13.1 Å². The summed E-state index contributed by atoms with van der Waals surface area (Å²) in [5.41, 5.74) is 0.237. The van der Waals surface area contributed by atoms with Gasteiger partial charge >= 0.3 is 0 Å². The Balaban J connectivity index is 2.15. The van der Waals surface area contributed by atoms with Crippen LogP contribution in [0.2, 0.25) is 0 Å². The molecule has 1 aliphatic heterocycles. The van der Waals surface area contributed by atoms with E-state index in [1.54, 1.807) is 0 Å². The number of carbonyl (C=O) groups excluding carboxylic acids is 2. The van der Waals surface area contributed by atoms with Crippen LogP contribution in [0.4, 0.5) is 0 Å². The summed E-state index contributed by atoms with van der Waals surface area (Å²) < 4.78 is 0. The fourth-order valence-electron chi connectivity index (χ4n) is 3.59. The molecule has 2 fully saturated rings. The maximum atomic E-state index is 11.6. The summed E-state index contributed by atoms with van der Waals surface area (Å²) in [6.45, 7) is 7.20. The molecule has 3 atom stereocenters. The lowest BCUT2D eigenvalue weighted by molar-refractivity contribution is -0.138. The molecular formula is C16H25N3O2. The van der Waals surface area contributed by atoms with E-state index in [0.29, 0.717) is 5.92 Å². The van der Waals surface area contributed by atoms with Crippen molar-refractivity contribution in [2.45, 2.75) is 52.5 Å². The van der Waals surface area contributed by atoms with Gasteiger partial charge in [-0.2, -0.15) is 5.26 Å². The molecule has 0 spiro atoms. The third kappa shape index (κ3) is 3.44. The number of piperazine rings is 1. The van der Waals surface area contributed by atoms with Crippen molar-refractivity contribution in [1.82, 2.24) is 10.2 Å². The zero-order chi connectivity index (χ0) is 15.6. The van der Waals surface area contributed by atoms with Gasteiger partial charge in [0.1, 0.15) is 0 Å². The van der Waals surface area contributed by atoms with Crippen LogP contribution in [0.5, 0.6) is 0 Å². The summed E-state index contributed by atoms with van der Waals surface area (Å²) in [4.78, 5) is 25.1. The normalized spacial score (nSPS) is 31.6. The largest absolute Gasteiger partial charge is 0.294 e. The first kappa shape index (κ1) is 16.0. The minimum Gasteiger partial charge on any atom is -0.294 e. The molecule has 116 valence electrons. The fraction of sp³-hybridized carbons (Fsp3) is 0.812. The van der Waals surface area contributed by atoms with E-state index in [-0.39, 0.29) is 42.3 Å². The highest BCUT2D eigenvalue weighted by atomic mass is 16.2. The van der Waals surface area contributed by atoms with E-state index >= 15 is 0 Å². The summed E-state index contributed by atoms with van der Waals surface area (Å²) in [6, 6.07) is 2.41. The van der Waals surface area contributed by atoms with Crippen molar-refractivity contribution in [3.8, 4) is 6.07 Å². The molecule has 0 radical (unpaired) electrons. The Labute approximate surface area is 126 Å². The molecule has 2 aliphatic rings. The van der Waals surface area contributed by atoms with Crippen molar-refractivity contribution in [3.05, 3.63) is 0 Å². The van der Waals surface area contributed by atoms with Crippen LogP contribution in [0.25, 0.3) is 0 Å². The van der Waals surface area contributed by atoms with Crippen LogP contribution in [0.15, 0.2) is 0 Å². The standard InChI is InChI=1S/C16H25N3O2/c1-4-16(2,3)12-6-5-11(8-17)13(7-12)19-9-14(20)18-15(21)10-19/h11-13H,4-7,9-10H2,1-3H3,(H,18,20,21). The molecule has 0 aromatic carbocycles. The molecule has 1 N–H and O–H groups in total. The zero-order valence-corrected chi connectivity index (χ0v) is 13.2. The van der Waals surface area contributed by atoms with E-state index in [0.717, 1.165) is 25.7 Å². The molecule has 0 aromatic heterocycles. The predicted octanol–water partition coefficient (Wildman–Crippen LogP) is 1.69. The maximum absolute atomic E-state index is 11.6. The van der Waals surface area contributed by atoms with Gasteiger partial charge in [-0.05, 0) is 30.6 Å². The van der Waals surface area contributed by atoms with Crippen LogP contribution in [-0.4, -0.2) is 35.8 Å². The third-order valence-corrected chi connectivity index (χ3v) is 5.44. The van der Waals surface area contributed by atoms with E-state index in [1.807, 2.05) is 4.90 Å². The van der Waals surface area contributed by atoms with Crippen LogP contribution in [0, 0.1) is 28.6 Å². The molecule has 5 heteroatoms. The number of nitriles is 1. The molecule has 5 nitrogen and oxygen atoms in total. The maximum Gasteiger partial charge on any atom is 0.240 e. The summed E-state index contributed by atoms with van der Waals surface area (Å²) in [6.07, 6.45) is 3.92. The Bertz CT molecular complexity index is 451. The average Bonchev–Trinajstić information content (AvgIpc) is 2.45. The van der Waals surface area contributed by atoms with Crippen molar-refractivity contribution in [1.29, 1.82) is 5.26 Å². The first-order chi connectivity index (χ1) is 9.87. The van der Waals surface area contributed by atoms with Crippen molar-refractivity contribution < 1.29 is 9.59 Å². The summed E-state index contributed by atoms with van der Waals surface area (Å²) in [7, 11) is 0. The summed E-state index contributed by atoms with van der Waals surface area (Å²) in [5, 5.41) is 11.7. The Morgan fingerprint density at radius 1 is 1.29 bits per heavy atom. The molecule has 2 amide bonds. The van der Waals surface area contributed by atoms with Crippen LogP contribution in [0.3, 0.4) is 0 Å². The van der Waals surface area contributed by atoms with Gasteiger partial charge in [-0.1, -0.05) is 27.2 Å². The number of hydrogen-bond donors (Lipinski definition) is 1. The van der Waals surface area contributed by atoms with Crippen LogP contribution < -0.4 is 5.32 Å². The molecule has 1 saturated carbocycles. The molecule has 1 aliphatic carbocycles. The van der Waals surface area contributed by atoms with E-state index in [4.69, 9.17) is 0 Å². The molecule has 21 heavy (non-hydrogen) atoms. The average molecular weight is 291 g/mol. The minimum atomic E-state index is -0.250. The van der Waals surface area contributed by atoms with Crippen LogP contribution in [0.1, 0.15) is 46.5 Å². The first-order valence-electron chi connectivity index (χ1n) is 7.83. The number of hydrogen-bond acceptors (Lipinski definition) is 4. The highest BCUT2D eigenvalue weighted by molar-refractivity contribution is 5.99. The zero-order valence-electron chi connectivity index (χ0n) is 13.2. The topological polar surface area (TPSA) is 73.2 Å².